The minimum atomic E-state index is -0.515. The molecule has 1 unspecified atom stereocenters. The van der Waals surface area contributed by atoms with E-state index in [1.807, 2.05) is 12.3 Å². The number of rotatable bonds is 9. The van der Waals surface area contributed by atoms with Gasteiger partial charge < -0.3 is 15.4 Å². The fourth-order valence-electron chi connectivity index (χ4n) is 2.26. The van der Waals surface area contributed by atoms with Gasteiger partial charge in [-0.15, -0.1) is 0 Å². The first-order valence-electron chi connectivity index (χ1n) is 7.86. The SMILES string of the molecule is COc1ccccc1C(=O)NC(CCSC)C(=O)NCC1CC1. The van der Waals surface area contributed by atoms with E-state index in [0.29, 0.717) is 30.2 Å². The molecule has 1 fully saturated rings. The van der Waals surface area contributed by atoms with Crippen LogP contribution >= 0.6 is 11.8 Å². The van der Waals surface area contributed by atoms with Crippen molar-refractivity contribution < 1.29 is 14.3 Å². The maximum Gasteiger partial charge on any atom is 0.255 e. The summed E-state index contributed by atoms with van der Waals surface area (Å²) in [6, 6.07) is 6.50. The van der Waals surface area contributed by atoms with Gasteiger partial charge >= 0.3 is 0 Å². The third-order valence-electron chi connectivity index (χ3n) is 3.85. The number of thioether (sulfide) groups is 1. The predicted molar refractivity (Wildman–Crippen MR) is 93.0 cm³/mol. The molecule has 1 aromatic rings. The van der Waals surface area contributed by atoms with E-state index in [1.165, 1.54) is 20.0 Å². The lowest BCUT2D eigenvalue weighted by atomic mass is 10.1. The molecule has 1 aliphatic carbocycles. The van der Waals surface area contributed by atoms with Crippen LogP contribution in [0.5, 0.6) is 5.75 Å². The number of ether oxygens (including phenoxy) is 1. The van der Waals surface area contributed by atoms with Gasteiger partial charge in [0, 0.05) is 6.54 Å². The Kier molecular flexibility index (Phi) is 6.77. The number of amides is 2. The van der Waals surface area contributed by atoms with Crippen molar-refractivity contribution in [3.05, 3.63) is 29.8 Å². The van der Waals surface area contributed by atoms with E-state index in [9.17, 15) is 9.59 Å². The third-order valence-corrected chi connectivity index (χ3v) is 4.49. The quantitative estimate of drug-likeness (QED) is 0.724. The number of carbonyl (C=O) groups is 2. The Labute approximate surface area is 141 Å². The number of para-hydroxylation sites is 1. The first-order chi connectivity index (χ1) is 11.2. The van der Waals surface area contributed by atoms with Crippen molar-refractivity contribution in [1.82, 2.24) is 10.6 Å². The fraction of sp³-hybridized carbons (Fsp3) is 0.529. The van der Waals surface area contributed by atoms with E-state index in [4.69, 9.17) is 4.74 Å². The van der Waals surface area contributed by atoms with Crippen molar-refractivity contribution in [2.24, 2.45) is 5.92 Å². The number of nitrogens with one attached hydrogen (secondary N) is 2. The van der Waals surface area contributed by atoms with Gasteiger partial charge in [-0.1, -0.05) is 12.1 Å². The van der Waals surface area contributed by atoms with Crippen LogP contribution in [0.1, 0.15) is 29.6 Å². The number of hydrogen-bond donors (Lipinski definition) is 2. The van der Waals surface area contributed by atoms with Crippen molar-refractivity contribution in [1.29, 1.82) is 0 Å². The molecular weight excluding hydrogens is 312 g/mol. The van der Waals surface area contributed by atoms with E-state index in [0.717, 1.165) is 5.75 Å². The van der Waals surface area contributed by atoms with E-state index in [-0.39, 0.29) is 11.8 Å². The van der Waals surface area contributed by atoms with Crippen LogP contribution in [-0.2, 0) is 4.79 Å². The highest BCUT2D eigenvalue weighted by Gasteiger charge is 2.26. The largest absolute Gasteiger partial charge is 0.496 e. The van der Waals surface area contributed by atoms with E-state index in [2.05, 4.69) is 10.6 Å². The molecule has 0 radical (unpaired) electrons. The van der Waals surface area contributed by atoms with Crippen molar-refractivity contribution in [2.75, 3.05) is 25.7 Å². The van der Waals surface area contributed by atoms with Crippen molar-refractivity contribution in [2.45, 2.75) is 25.3 Å². The van der Waals surface area contributed by atoms with E-state index >= 15 is 0 Å². The van der Waals surface area contributed by atoms with Gasteiger partial charge in [0.05, 0.1) is 12.7 Å². The Balaban J connectivity index is 1.99. The average molecular weight is 336 g/mol. The number of hydrogen-bond acceptors (Lipinski definition) is 4. The number of carbonyl (C=O) groups excluding carboxylic acids is 2. The standard InChI is InChI=1S/C17H24N2O3S/c1-22-15-6-4-3-5-13(15)16(20)19-14(9-10-23-2)17(21)18-11-12-7-8-12/h3-6,12,14H,7-11H2,1-2H3,(H,18,21)(H,19,20). The Bertz CT molecular complexity index is 546. The zero-order valence-corrected chi connectivity index (χ0v) is 14.4. The van der Waals surface area contributed by atoms with Gasteiger partial charge in [-0.3, -0.25) is 9.59 Å². The van der Waals surface area contributed by atoms with Crippen molar-refractivity contribution in [3.63, 3.8) is 0 Å². The van der Waals surface area contributed by atoms with Gasteiger partial charge in [-0.2, -0.15) is 11.8 Å². The molecule has 1 saturated carbocycles. The Morgan fingerprint density at radius 1 is 1.35 bits per heavy atom. The van der Waals surface area contributed by atoms with Crippen molar-refractivity contribution >= 4 is 23.6 Å². The molecule has 0 aromatic heterocycles. The van der Waals surface area contributed by atoms with Crippen LogP contribution in [0.3, 0.4) is 0 Å². The summed E-state index contributed by atoms with van der Waals surface area (Å²) in [7, 11) is 1.53. The zero-order valence-electron chi connectivity index (χ0n) is 13.6. The van der Waals surface area contributed by atoms with Crippen molar-refractivity contribution in [3.8, 4) is 5.75 Å². The van der Waals surface area contributed by atoms with Gasteiger partial charge in [0.1, 0.15) is 11.8 Å². The number of benzene rings is 1. The maximum atomic E-state index is 12.5. The van der Waals surface area contributed by atoms with Gasteiger partial charge in [0.15, 0.2) is 0 Å². The molecule has 1 aliphatic rings. The summed E-state index contributed by atoms with van der Waals surface area (Å²) >= 11 is 1.66. The van der Waals surface area contributed by atoms with Gasteiger partial charge in [0.2, 0.25) is 5.91 Å². The topological polar surface area (TPSA) is 67.4 Å². The summed E-state index contributed by atoms with van der Waals surface area (Å²) in [5, 5.41) is 5.79. The molecule has 2 amide bonds. The predicted octanol–water partition coefficient (Wildman–Crippen LogP) is 2.07. The molecule has 23 heavy (non-hydrogen) atoms. The van der Waals surface area contributed by atoms with E-state index < -0.39 is 6.04 Å². The second-order valence-electron chi connectivity index (χ2n) is 5.70. The fourth-order valence-corrected chi connectivity index (χ4v) is 2.73. The molecule has 1 aromatic carbocycles. The lowest BCUT2D eigenvalue weighted by molar-refractivity contribution is -0.123. The van der Waals surface area contributed by atoms with Crippen LogP contribution in [0.4, 0.5) is 0 Å². The van der Waals surface area contributed by atoms with Crippen LogP contribution in [-0.4, -0.2) is 43.5 Å². The molecule has 5 nitrogen and oxygen atoms in total. The monoisotopic (exact) mass is 336 g/mol. The molecule has 0 aliphatic heterocycles. The molecule has 0 heterocycles. The van der Waals surface area contributed by atoms with Gasteiger partial charge in [-0.05, 0) is 49.3 Å². The first-order valence-corrected chi connectivity index (χ1v) is 9.25. The zero-order chi connectivity index (χ0) is 16.7. The van der Waals surface area contributed by atoms with E-state index in [1.54, 1.807) is 30.0 Å². The highest BCUT2D eigenvalue weighted by atomic mass is 32.2. The maximum absolute atomic E-state index is 12.5. The Morgan fingerprint density at radius 2 is 2.09 bits per heavy atom. The molecule has 2 rings (SSSR count). The number of methoxy groups -OCH3 is 1. The molecule has 6 heteroatoms. The Hall–Kier alpha value is -1.69. The lowest BCUT2D eigenvalue weighted by Crippen LogP contribution is -2.47. The van der Waals surface area contributed by atoms with Crippen LogP contribution in [0.15, 0.2) is 24.3 Å². The lowest BCUT2D eigenvalue weighted by Gasteiger charge is -2.19. The Morgan fingerprint density at radius 3 is 2.74 bits per heavy atom. The average Bonchev–Trinajstić information content (AvgIpc) is 3.40. The summed E-state index contributed by atoms with van der Waals surface area (Å²) in [5.74, 6) is 1.55. The normalized spacial score (nSPS) is 14.9. The molecule has 0 saturated heterocycles. The highest BCUT2D eigenvalue weighted by Crippen LogP contribution is 2.27. The molecule has 2 N–H and O–H groups in total. The molecule has 0 bridgehead atoms. The van der Waals surface area contributed by atoms with Gasteiger partial charge in [0.25, 0.3) is 5.91 Å². The summed E-state index contributed by atoms with van der Waals surface area (Å²) in [5.41, 5.74) is 0.444. The highest BCUT2D eigenvalue weighted by molar-refractivity contribution is 7.98. The summed E-state index contributed by atoms with van der Waals surface area (Å²) in [4.78, 5) is 24.8. The molecule has 0 spiro atoms. The molecule has 126 valence electrons. The minimum Gasteiger partial charge on any atom is -0.496 e. The van der Waals surface area contributed by atoms with Crippen LogP contribution in [0.25, 0.3) is 0 Å². The van der Waals surface area contributed by atoms with Gasteiger partial charge in [-0.25, -0.2) is 0 Å². The van der Waals surface area contributed by atoms with Crippen LogP contribution in [0, 0.1) is 5.92 Å². The second-order valence-corrected chi connectivity index (χ2v) is 6.68. The summed E-state index contributed by atoms with van der Waals surface area (Å²) in [6.07, 6.45) is 4.96. The second kappa shape index (κ2) is 8.82. The summed E-state index contributed by atoms with van der Waals surface area (Å²) < 4.78 is 5.21. The molecule has 1 atom stereocenters. The minimum absolute atomic E-state index is 0.103. The summed E-state index contributed by atoms with van der Waals surface area (Å²) in [6.45, 7) is 0.707. The first kappa shape index (κ1) is 17.7. The smallest absolute Gasteiger partial charge is 0.255 e. The third kappa shape index (κ3) is 5.46. The molecular formula is C17H24N2O3S. The van der Waals surface area contributed by atoms with Crippen LogP contribution in [0.2, 0.25) is 0 Å². The van der Waals surface area contributed by atoms with Crippen LogP contribution < -0.4 is 15.4 Å².